The molecule has 0 radical (unpaired) electrons. The topological polar surface area (TPSA) is 70.2 Å². The van der Waals surface area contributed by atoms with Gasteiger partial charge in [0.15, 0.2) is 0 Å². The summed E-state index contributed by atoms with van der Waals surface area (Å²) in [6, 6.07) is 13.3. The Bertz CT molecular complexity index is 756. The van der Waals surface area contributed by atoms with Crippen LogP contribution in [0.25, 0.3) is 0 Å². The summed E-state index contributed by atoms with van der Waals surface area (Å²) in [4.78, 5) is 23.8. The highest BCUT2D eigenvalue weighted by Crippen LogP contribution is 2.17. The van der Waals surface area contributed by atoms with Crippen molar-refractivity contribution < 1.29 is 9.59 Å². The van der Waals surface area contributed by atoms with Crippen molar-refractivity contribution in [3.8, 4) is 0 Å². The Kier molecular flexibility index (Phi) is 6.57. The predicted molar refractivity (Wildman–Crippen MR) is 103 cm³/mol. The molecule has 25 heavy (non-hydrogen) atoms. The lowest BCUT2D eigenvalue weighted by Crippen LogP contribution is -2.22. The summed E-state index contributed by atoms with van der Waals surface area (Å²) < 4.78 is 0. The van der Waals surface area contributed by atoms with Gasteiger partial charge >= 0.3 is 0 Å². The van der Waals surface area contributed by atoms with E-state index in [-0.39, 0.29) is 18.4 Å². The van der Waals surface area contributed by atoms with Gasteiger partial charge in [0.05, 0.1) is 6.54 Å². The van der Waals surface area contributed by atoms with Gasteiger partial charge < -0.3 is 16.0 Å². The number of aryl methyl sites for hydroxylation is 2. The van der Waals surface area contributed by atoms with E-state index in [1.165, 1.54) is 0 Å². The normalized spacial score (nSPS) is 10.2. The second-order valence-corrected chi connectivity index (χ2v) is 6.10. The molecule has 5 nitrogen and oxygen atoms in total. The number of rotatable bonds is 7. The minimum absolute atomic E-state index is 0.00712. The van der Waals surface area contributed by atoms with E-state index in [9.17, 15) is 9.59 Å². The monoisotopic (exact) mass is 339 g/mol. The summed E-state index contributed by atoms with van der Waals surface area (Å²) in [6.07, 6.45) is 1.30. The second-order valence-electron chi connectivity index (χ2n) is 6.10. The molecule has 0 aromatic heterocycles. The molecule has 0 unspecified atom stereocenters. The number of hydrogen-bond donors (Lipinski definition) is 3. The maximum atomic E-state index is 12.2. The molecular formula is C20H25N3O2. The third-order valence-corrected chi connectivity index (χ3v) is 3.74. The Balaban J connectivity index is 1.91. The minimum atomic E-state index is -0.117. The average molecular weight is 339 g/mol. The average Bonchev–Trinajstić information content (AvgIpc) is 2.57. The molecule has 2 rings (SSSR count). The molecule has 0 saturated carbocycles. The van der Waals surface area contributed by atoms with Gasteiger partial charge in [0.25, 0.3) is 0 Å². The van der Waals surface area contributed by atoms with E-state index in [0.29, 0.717) is 6.42 Å². The van der Waals surface area contributed by atoms with Gasteiger partial charge in [0.2, 0.25) is 11.8 Å². The van der Waals surface area contributed by atoms with Crippen LogP contribution in [0.2, 0.25) is 0 Å². The lowest BCUT2D eigenvalue weighted by molar-refractivity contribution is -0.116. The van der Waals surface area contributed by atoms with E-state index in [0.717, 1.165) is 34.6 Å². The molecule has 5 heteroatoms. The number of carbonyl (C=O) groups excluding carboxylic acids is 2. The smallest absolute Gasteiger partial charge is 0.243 e. The van der Waals surface area contributed by atoms with Gasteiger partial charge in [0.1, 0.15) is 0 Å². The summed E-state index contributed by atoms with van der Waals surface area (Å²) in [7, 11) is 0. The van der Waals surface area contributed by atoms with Crippen molar-refractivity contribution in [2.45, 2.75) is 33.6 Å². The van der Waals surface area contributed by atoms with Crippen LogP contribution >= 0.6 is 0 Å². The van der Waals surface area contributed by atoms with E-state index in [1.807, 2.05) is 63.2 Å². The SMILES string of the molecule is CCCC(=O)Nc1cccc(NCC(=O)Nc2cc(C)ccc2C)c1. The summed E-state index contributed by atoms with van der Waals surface area (Å²) in [5.74, 6) is -0.124. The number of nitrogens with one attached hydrogen (secondary N) is 3. The zero-order valence-electron chi connectivity index (χ0n) is 15.0. The largest absolute Gasteiger partial charge is 0.376 e. The summed E-state index contributed by atoms with van der Waals surface area (Å²) in [5, 5.41) is 8.84. The standard InChI is InChI=1S/C20H25N3O2/c1-4-6-19(24)22-17-8-5-7-16(12-17)21-13-20(25)23-18-11-14(2)9-10-15(18)3/h5,7-12,21H,4,6,13H2,1-3H3,(H,22,24)(H,23,25). The molecule has 132 valence electrons. The highest BCUT2D eigenvalue weighted by Gasteiger charge is 2.06. The molecule has 0 atom stereocenters. The molecule has 0 aliphatic carbocycles. The molecule has 2 amide bonds. The van der Waals surface area contributed by atoms with Crippen LogP contribution in [-0.2, 0) is 9.59 Å². The van der Waals surface area contributed by atoms with Gasteiger partial charge in [-0.25, -0.2) is 0 Å². The van der Waals surface area contributed by atoms with E-state index in [1.54, 1.807) is 0 Å². The molecular weight excluding hydrogens is 314 g/mol. The zero-order valence-corrected chi connectivity index (χ0v) is 15.0. The van der Waals surface area contributed by atoms with Crippen molar-refractivity contribution in [3.63, 3.8) is 0 Å². The fourth-order valence-corrected chi connectivity index (χ4v) is 2.40. The molecule has 0 fully saturated rings. The third kappa shape index (κ3) is 5.95. The van der Waals surface area contributed by atoms with E-state index < -0.39 is 0 Å². The van der Waals surface area contributed by atoms with Gasteiger partial charge in [-0.1, -0.05) is 25.1 Å². The van der Waals surface area contributed by atoms with Crippen LogP contribution in [0.15, 0.2) is 42.5 Å². The Morgan fingerprint density at radius 2 is 1.68 bits per heavy atom. The third-order valence-electron chi connectivity index (χ3n) is 3.74. The Morgan fingerprint density at radius 3 is 2.44 bits per heavy atom. The summed E-state index contributed by atoms with van der Waals surface area (Å²) in [6.45, 7) is 6.07. The number of hydrogen-bond acceptors (Lipinski definition) is 3. The van der Waals surface area contributed by atoms with Gasteiger partial charge in [-0.15, -0.1) is 0 Å². The lowest BCUT2D eigenvalue weighted by atomic mass is 10.1. The molecule has 0 spiro atoms. The minimum Gasteiger partial charge on any atom is -0.376 e. The number of benzene rings is 2. The van der Waals surface area contributed by atoms with Crippen LogP contribution < -0.4 is 16.0 Å². The number of carbonyl (C=O) groups is 2. The van der Waals surface area contributed by atoms with Gasteiger partial charge in [0, 0.05) is 23.5 Å². The van der Waals surface area contributed by atoms with Crippen molar-refractivity contribution in [3.05, 3.63) is 53.6 Å². The Labute approximate surface area is 148 Å². The highest BCUT2D eigenvalue weighted by atomic mass is 16.2. The van der Waals surface area contributed by atoms with Gasteiger partial charge in [-0.05, 0) is 55.7 Å². The van der Waals surface area contributed by atoms with Gasteiger partial charge in [-0.3, -0.25) is 9.59 Å². The Morgan fingerprint density at radius 1 is 0.920 bits per heavy atom. The van der Waals surface area contributed by atoms with Crippen LogP contribution in [0.4, 0.5) is 17.1 Å². The predicted octanol–water partition coefficient (Wildman–Crippen LogP) is 4.09. The fraction of sp³-hybridized carbons (Fsp3) is 0.300. The molecule has 0 saturated heterocycles. The van der Waals surface area contributed by atoms with E-state index in [2.05, 4.69) is 16.0 Å². The van der Waals surface area contributed by atoms with Crippen molar-refractivity contribution in [2.24, 2.45) is 0 Å². The van der Waals surface area contributed by atoms with Crippen molar-refractivity contribution in [1.29, 1.82) is 0 Å². The van der Waals surface area contributed by atoms with E-state index >= 15 is 0 Å². The lowest BCUT2D eigenvalue weighted by Gasteiger charge is -2.11. The summed E-state index contributed by atoms with van der Waals surface area (Å²) in [5.41, 5.74) is 4.46. The van der Waals surface area contributed by atoms with Crippen molar-refractivity contribution in [2.75, 3.05) is 22.5 Å². The maximum Gasteiger partial charge on any atom is 0.243 e. The molecule has 3 N–H and O–H groups in total. The number of amides is 2. The van der Waals surface area contributed by atoms with Crippen molar-refractivity contribution in [1.82, 2.24) is 0 Å². The van der Waals surface area contributed by atoms with Crippen LogP contribution in [-0.4, -0.2) is 18.4 Å². The molecule has 0 heterocycles. The van der Waals surface area contributed by atoms with Crippen LogP contribution in [0, 0.1) is 13.8 Å². The van der Waals surface area contributed by atoms with Crippen LogP contribution in [0.3, 0.4) is 0 Å². The van der Waals surface area contributed by atoms with Crippen LogP contribution in [0.1, 0.15) is 30.9 Å². The van der Waals surface area contributed by atoms with Gasteiger partial charge in [-0.2, -0.15) is 0 Å². The number of anilines is 3. The highest BCUT2D eigenvalue weighted by molar-refractivity contribution is 5.95. The molecule has 0 bridgehead atoms. The van der Waals surface area contributed by atoms with Crippen molar-refractivity contribution >= 4 is 28.9 Å². The second kappa shape index (κ2) is 8.87. The maximum absolute atomic E-state index is 12.2. The molecule has 0 aliphatic heterocycles. The molecule has 2 aromatic carbocycles. The first-order chi connectivity index (χ1) is 12.0. The quantitative estimate of drug-likeness (QED) is 0.711. The van der Waals surface area contributed by atoms with E-state index in [4.69, 9.17) is 0 Å². The molecule has 0 aliphatic rings. The summed E-state index contributed by atoms with van der Waals surface area (Å²) >= 11 is 0. The first kappa shape index (κ1) is 18.5. The zero-order chi connectivity index (χ0) is 18.2. The molecule has 2 aromatic rings. The fourth-order valence-electron chi connectivity index (χ4n) is 2.40. The first-order valence-electron chi connectivity index (χ1n) is 8.49. The van der Waals surface area contributed by atoms with Crippen LogP contribution in [0.5, 0.6) is 0 Å². The first-order valence-corrected chi connectivity index (χ1v) is 8.49. The Hall–Kier alpha value is -2.82.